The Hall–Kier alpha value is -2.85. The van der Waals surface area contributed by atoms with Crippen LogP contribution in [0.4, 0.5) is 0 Å². The second-order valence-corrected chi connectivity index (χ2v) is 8.48. The predicted molar refractivity (Wildman–Crippen MR) is 126 cm³/mol. The number of hydrogen-bond acceptors (Lipinski definition) is 8. The molecule has 0 aliphatic heterocycles. The number of benzene rings is 2. The van der Waals surface area contributed by atoms with Gasteiger partial charge in [0.25, 0.3) is 5.91 Å². The molecule has 32 heavy (non-hydrogen) atoms. The summed E-state index contributed by atoms with van der Waals surface area (Å²) in [7, 11) is 4.37. The Labute approximate surface area is 195 Å². The van der Waals surface area contributed by atoms with Crippen molar-refractivity contribution in [2.45, 2.75) is 17.4 Å². The van der Waals surface area contributed by atoms with Crippen LogP contribution in [0.25, 0.3) is 0 Å². The number of rotatable bonds is 11. The van der Waals surface area contributed by atoms with Gasteiger partial charge in [-0.15, -0.1) is 0 Å². The van der Waals surface area contributed by atoms with Gasteiger partial charge in [0.15, 0.2) is 11.5 Å². The van der Waals surface area contributed by atoms with E-state index >= 15 is 0 Å². The average Bonchev–Trinajstić information content (AvgIpc) is 2.80. The molecule has 8 nitrogen and oxygen atoms in total. The first-order valence-corrected chi connectivity index (χ1v) is 11.8. The van der Waals surface area contributed by atoms with Gasteiger partial charge in [-0.2, -0.15) is 11.8 Å². The number of thioether (sulfide) groups is 2. The molecule has 172 valence electrons. The number of carbonyl (C=O) groups excluding carboxylic acids is 3. The number of amides is 2. The molecule has 10 heteroatoms. The summed E-state index contributed by atoms with van der Waals surface area (Å²) in [6.07, 6.45) is 2.32. The first-order chi connectivity index (χ1) is 15.4. The fraction of sp³-hybridized carbons (Fsp3) is 0.318. The van der Waals surface area contributed by atoms with Gasteiger partial charge in [-0.05, 0) is 54.5 Å². The second-order valence-electron chi connectivity index (χ2n) is 6.48. The van der Waals surface area contributed by atoms with Crippen LogP contribution >= 0.6 is 23.5 Å². The van der Waals surface area contributed by atoms with Crippen molar-refractivity contribution in [1.82, 2.24) is 5.32 Å². The molecule has 2 aromatic carbocycles. The molecule has 0 spiro atoms. The van der Waals surface area contributed by atoms with Crippen molar-refractivity contribution in [2.24, 2.45) is 5.73 Å². The Kier molecular flexibility index (Phi) is 9.73. The summed E-state index contributed by atoms with van der Waals surface area (Å²) in [6, 6.07) is 9.03. The van der Waals surface area contributed by atoms with Crippen LogP contribution in [0.5, 0.6) is 17.2 Å². The van der Waals surface area contributed by atoms with Crippen molar-refractivity contribution in [3.05, 3.63) is 47.5 Å². The molecular formula is C22H26N2O6S2. The van der Waals surface area contributed by atoms with Crippen LogP contribution in [-0.2, 0) is 4.79 Å². The van der Waals surface area contributed by atoms with Crippen molar-refractivity contribution >= 4 is 40.5 Å². The average molecular weight is 479 g/mol. The second kappa shape index (κ2) is 12.3. The minimum absolute atomic E-state index is 0.233. The molecule has 0 aliphatic rings. The molecule has 0 fully saturated rings. The summed E-state index contributed by atoms with van der Waals surface area (Å²) in [6.45, 7) is 0. The summed E-state index contributed by atoms with van der Waals surface area (Å²) in [5, 5.41) is 2.31. The van der Waals surface area contributed by atoms with Gasteiger partial charge >= 0.3 is 0 Å². The smallest absolute Gasteiger partial charge is 0.253 e. The van der Waals surface area contributed by atoms with Crippen LogP contribution in [0.3, 0.4) is 0 Å². The molecule has 0 unspecified atom stereocenters. The Morgan fingerprint density at radius 2 is 1.66 bits per heavy atom. The zero-order chi connectivity index (χ0) is 23.7. The highest BCUT2D eigenvalue weighted by Crippen LogP contribution is 2.42. The van der Waals surface area contributed by atoms with Gasteiger partial charge in [0.1, 0.15) is 6.04 Å². The number of methoxy groups -OCH3 is 3. The van der Waals surface area contributed by atoms with Crippen LogP contribution in [0.15, 0.2) is 41.3 Å². The highest BCUT2D eigenvalue weighted by molar-refractivity contribution is 8.14. The summed E-state index contributed by atoms with van der Waals surface area (Å²) < 4.78 is 16.0. The molecule has 0 heterocycles. The third-order valence-corrected chi connectivity index (χ3v) is 6.14. The topological polar surface area (TPSA) is 117 Å². The number of nitrogens with one attached hydrogen (secondary N) is 1. The van der Waals surface area contributed by atoms with E-state index in [0.29, 0.717) is 28.6 Å². The molecule has 2 rings (SSSR count). The number of nitrogens with two attached hydrogens (primary N) is 1. The quantitative estimate of drug-likeness (QED) is 0.474. The summed E-state index contributed by atoms with van der Waals surface area (Å²) in [5.41, 5.74) is 5.95. The lowest BCUT2D eigenvalue weighted by molar-refractivity contribution is -0.119. The van der Waals surface area contributed by atoms with Crippen molar-refractivity contribution in [3.8, 4) is 17.2 Å². The van der Waals surface area contributed by atoms with Crippen LogP contribution in [0, 0.1) is 0 Å². The number of hydrogen-bond donors (Lipinski definition) is 2. The van der Waals surface area contributed by atoms with Gasteiger partial charge in [-0.1, -0.05) is 12.1 Å². The van der Waals surface area contributed by atoms with Crippen LogP contribution in [0.1, 0.15) is 27.1 Å². The van der Waals surface area contributed by atoms with Crippen molar-refractivity contribution < 1.29 is 28.6 Å². The first kappa shape index (κ1) is 25.4. The Bertz CT molecular complexity index is 983. The van der Waals surface area contributed by atoms with E-state index in [1.807, 2.05) is 6.26 Å². The highest BCUT2D eigenvalue weighted by atomic mass is 32.2. The largest absolute Gasteiger partial charge is 0.493 e. The van der Waals surface area contributed by atoms with Gasteiger partial charge in [0.2, 0.25) is 16.8 Å². The van der Waals surface area contributed by atoms with E-state index in [4.69, 9.17) is 19.9 Å². The van der Waals surface area contributed by atoms with Crippen LogP contribution in [0.2, 0.25) is 0 Å². The molecule has 0 saturated carbocycles. The molecule has 2 amide bonds. The maximum absolute atomic E-state index is 13.1. The van der Waals surface area contributed by atoms with Crippen molar-refractivity contribution in [2.75, 3.05) is 33.3 Å². The maximum Gasteiger partial charge on any atom is 0.253 e. The highest BCUT2D eigenvalue weighted by Gasteiger charge is 2.24. The first-order valence-electron chi connectivity index (χ1n) is 9.57. The zero-order valence-corrected chi connectivity index (χ0v) is 19.9. The maximum atomic E-state index is 13.1. The summed E-state index contributed by atoms with van der Waals surface area (Å²) in [5.74, 6) is 0.534. The molecular weight excluding hydrogens is 452 g/mol. The number of carbonyl (C=O) groups is 3. The molecule has 0 radical (unpaired) electrons. The van der Waals surface area contributed by atoms with E-state index in [1.165, 1.54) is 21.3 Å². The van der Waals surface area contributed by atoms with Gasteiger partial charge < -0.3 is 25.3 Å². The van der Waals surface area contributed by atoms with E-state index in [-0.39, 0.29) is 22.0 Å². The molecule has 0 bridgehead atoms. The van der Waals surface area contributed by atoms with Crippen LogP contribution < -0.4 is 25.3 Å². The van der Waals surface area contributed by atoms with E-state index in [2.05, 4.69) is 5.32 Å². The lowest BCUT2D eigenvalue weighted by atomic mass is 10.1. The Morgan fingerprint density at radius 1 is 0.969 bits per heavy atom. The fourth-order valence-corrected chi connectivity index (χ4v) is 4.28. The molecule has 2 aromatic rings. The lowest BCUT2D eigenvalue weighted by Crippen LogP contribution is -2.44. The van der Waals surface area contributed by atoms with Gasteiger partial charge in [0, 0.05) is 4.90 Å². The Balaban J connectivity index is 2.31. The molecule has 1 atom stereocenters. The lowest BCUT2D eigenvalue weighted by Gasteiger charge is -2.17. The van der Waals surface area contributed by atoms with Gasteiger partial charge in [-0.25, -0.2) is 0 Å². The van der Waals surface area contributed by atoms with Crippen molar-refractivity contribution in [3.63, 3.8) is 0 Å². The number of ether oxygens (including phenoxy) is 3. The molecule has 3 N–H and O–H groups in total. The standard InChI is InChI=1S/C22H26N2O6S2/c1-28-16-10-9-14(18(29-2)19(16)30-3)22(27)32-17-8-6-5-7-13(17)21(26)24-15(20(23)25)11-12-31-4/h5-10,15H,11-12H2,1-4H3,(H2,23,25)(H,24,26)/t15-/m0/s1. The predicted octanol–water partition coefficient (Wildman–Crippen LogP) is 2.98. The molecule has 0 saturated heterocycles. The van der Waals surface area contributed by atoms with E-state index in [0.717, 1.165) is 11.8 Å². The third-order valence-electron chi connectivity index (χ3n) is 4.52. The monoisotopic (exact) mass is 478 g/mol. The number of primary amides is 1. The van der Waals surface area contributed by atoms with Gasteiger partial charge in [0.05, 0.1) is 32.5 Å². The van der Waals surface area contributed by atoms with Crippen molar-refractivity contribution in [1.29, 1.82) is 0 Å². The zero-order valence-electron chi connectivity index (χ0n) is 18.3. The summed E-state index contributed by atoms with van der Waals surface area (Å²) in [4.78, 5) is 38.1. The normalized spacial score (nSPS) is 11.4. The summed E-state index contributed by atoms with van der Waals surface area (Å²) >= 11 is 2.42. The fourth-order valence-electron chi connectivity index (χ4n) is 2.92. The van der Waals surface area contributed by atoms with E-state index < -0.39 is 17.9 Å². The van der Waals surface area contributed by atoms with Gasteiger partial charge in [-0.3, -0.25) is 14.4 Å². The Morgan fingerprint density at radius 3 is 2.25 bits per heavy atom. The molecule has 0 aliphatic carbocycles. The minimum Gasteiger partial charge on any atom is -0.493 e. The minimum atomic E-state index is -0.797. The van der Waals surface area contributed by atoms with Crippen LogP contribution in [-0.4, -0.2) is 56.3 Å². The SMILES string of the molecule is COc1ccc(C(=O)Sc2ccccc2C(=O)N[C@@H](CCSC)C(N)=O)c(OC)c1OC. The molecule has 0 aromatic heterocycles. The van der Waals surface area contributed by atoms with E-state index in [1.54, 1.807) is 48.2 Å². The van der Waals surface area contributed by atoms with E-state index in [9.17, 15) is 14.4 Å². The third kappa shape index (κ3) is 6.10.